The average molecular weight is 389 g/mol. The second-order valence-corrected chi connectivity index (χ2v) is 7.98. The van der Waals surface area contributed by atoms with Gasteiger partial charge in [-0.15, -0.1) is 11.3 Å². The fourth-order valence-corrected chi connectivity index (χ4v) is 3.98. The molecule has 4 aromatic rings. The molecule has 1 N–H and O–H groups in total. The molecule has 1 saturated carbocycles. The summed E-state index contributed by atoms with van der Waals surface area (Å²) in [5.41, 5.74) is 4.34. The standard InChI is InChI=1S/C21H19N5OS/c1-13-18-16(20(27)24-21-22-9-10-28-21)11-17(15-7-8-15)23-19(18)26(25-13)12-14-5-3-2-4-6-14/h2-6,9-11,15H,7-8,12H2,1H3,(H,22,24,27). The highest BCUT2D eigenvalue weighted by atomic mass is 32.1. The fraction of sp³-hybridized carbons (Fsp3) is 0.238. The number of aromatic nitrogens is 4. The van der Waals surface area contributed by atoms with Crippen LogP contribution in [0.5, 0.6) is 0 Å². The van der Waals surface area contributed by atoms with Crippen molar-refractivity contribution in [1.82, 2.24) is 19.7 Å². The van der Waals surface area contributed by atoms with E-state index in [9.17, 15) is 4.79 Å². The Morgan fingerprint density at radius 2 is 2.11 bits per heavy atom. The minimum atomic E-state index is -0.161. The molecule has 140 valence electrons. The number of carbonyl (C=O) groups excluding carboxylic acids is 1. The maximum Gasteiger partial charge on any atom is 0.258 e. The molecule has 1 aliphatic rings. The van der Waals surface area contributed by atoms with Crippen LogP contribution in [-0.2, 0) is 6.54 Å². The zero-order valence-electron chi connectivity index (χ0n) is 15.4. The second-order valence-electron chi connectivity index (χ2n) is 7.09. The fourth-order valence-electron chi connectivity index (χ4n) is 3.46. The van der Waals surface area contributed by atoms with Gasteiger partial charge < -0.3 is 0 Å². The van der Waals surface area contributed by atoms with Gasteiger partial charge in [-0.1, -0.05) is 30.3 Å². The number of benzene rings is 1. The van der Waals surface area contributed by atoms with Crippen molar-refractivity contribution in [3.05, 3.63) is 70.5 Å². The smallest absolute Gasteiger partial charge is 0.258 e. The Kier molecular flexibility index (Phi) is 4.16. The molecule has 0 aliphatic heterocycles. The van der Waals surface area contributed by atoms with Gasteiger partial charge in [0.15, 0.2) is 10.8 Å². The first-order valence-electron chi connectivity index (χ1n) is 9.32. The average Bonchev–Trinajstić information content (AvgIpc) is 3.35. The van der Waals surface area contributed by atoms with Gasteiger partial charge in [0.25, 0.3) is 5.91 Å². The van der Waals surface area contributed by atoms with E-state index in [2.05, 4.69) is 22.4 Å². The van der Waals surface area contributed by atoms with Crippen molar-refractivity contribution in [3.8, 4) is 0 Å². The van der Waals surface area contributed by atoms with Crippen LogP contribution in [0.2, 0.25) is 0 Å². The highest BCUT2D eigenvalue weighted by molar-refractivity contribution is 7.13. The van der Waals surface area contributed by atoms with Gasteiger partial charge in [-0.2, -0.15) is 5.10 Å². The van der Waals surface area contributed by atoms with Crippen molar-refractivity contribution >= 4 is 33.4 Å². The number of nitrogens with one attached hydrogen (secondary N) is 1. The molecule has 3 heterocycles. The Balaban J connectivity index is 1.62. The molecular formula is C21H19N5OS. The molecule has 0 atom stereocenters. The molecule has 1 amide bonds. The van der Waals surface area contributed by atoms with E-state index in [4.69, 9.17) is 10.1 Å². The van der Waals surface area contributed by atoms with Crippen molar-refractivity contribution in [1.29, 1.82) is 0 Å². The van der Waals surface area contributed by atoms with Crippen LogP contribution in [0.25, 0.3) is 11.0 Å². The number of fused-ring (bicyclic) bond motifs is 1. The number of nitrogens with zero attached hydrogens (tertiary/aromatic N) is 4. The van der Waals surface area contributed by atoms with E-state index in [-0.39, 0.29) is 5.91 Å². The molecule has 7 heteroatoms. The van der Waals surface area contributed by atoms with Gasteiger partial charge in [-0.05, 0) is 31.4 Å². The number of hydrogen-bond donors (Lipinski definition) is 1. The molecule has 1 aromatic carbocycles. The lowest BCUT2D eigenvalue weighted by molar-refractivity contribution is 0.102. The quantitative estimate of drug-likeness (QED) is 0.550. The number of pyridine rings is 1. The molecule has 5 rings (SSSR count). The van der Waals surface area contributed by atoms with Crippen molar-refractivity contribution in [2.24, 2.45) is 0 Å². The van der Waals surface area contributed by atoms with Gasteiger partial charge in [0.1, 0.15) is 0 Å². The number of anilines is 1. The summed E-state index contributed by atoms with van der Waals surface area (Å²) in [5.74, 6) is 0.280. The monoisotopic (exact) mass is 389 g/mol. The van der Waals surface area contributed by atoms with E-state index in [1.165, 1.54) is 11.3 Å². The number of hydrogen-bond acceptors (Lipinski definition) is 5. The number of aryl methyl sites for hydroxylation is 1. The third-order valence-electron chi connectivity index (χ3n) is 4.97. The summed E-state index contributed by atoms with van der Waals surface area (Å²) in [5, 5.41) is 10.9. The van der Waals surface area contributed by atoms with E-state index in [1.807, 2.05) is 41.3 Å². The van der Waals surface area contributed by atoms with Crippen LogP contribution in [0.4, 0.5) is 5.13 Å². The predicted octanol–water partition coefficient (Wildman–Crippen LogP) is 4.37. The Hall–Kier alpha value is -3.06. The second kappa shape index (κ2) is 6.83. The zero-order chi connectivity index (χ0) is 19.1. The molecule has 0 spiro atoms. The number of rotatable bonds is 5. The van der Waals surface area contributed by atoms with Crippen LogP contribution in [0.1, 0.15) is 46.1 Å². The molecule has 0 radical (unpaired) electrons. The summed E-state index contributed by atoms with van der Waals surface area (Å²) >= 11 is 1.41. The minimum Gasteiger partial charge on any atom is -0.298 e. The Bertz CT molecular complexity index is 1150. The molecule has 0 unspecified atom stereocenters. The summed E-state index contributed by atoms with van der Waals surface area (Å²) in [6.07, 6.45) is 3.93. The molecule has 1 aliphatic carbocycles. The van der Waals surface area contributed by atoms with E-state index in [1.54, 1.807) is 6.20 Å². The van der Waals surface area contributed by atoms with Crippen LogP contribution in [0.3, 0.4) is 0 Å². The number of amides is 1. The molecule has 0 bridgehead atoms. The van der Waals surface area contributed by atoms with Gasteiger partial charge in [-0.25, -0.2) is 14.6 Å². The van der Waals surface area contributed by atoms with Gasteiger partial charge in [-0.3, -0.25) is 10.1 Å². The van der Waals surface area contributed by atoms with Crippen LogP contribution in [0, 0.1) is 6.92 Å². The first-order valence-corrected chi connectivity index (χ1v) is 10.2. The summed E-state index contributed by atoms with van der Waals surface area (Å²) in [7, 11) is 0. The molecule has 3 aromatic heterocycles. The van der Waals surface area contributed by atoms with Crippen molar-refractivity contribution in [2.45, 2.75) is 32.2 Å². The number of thiazole rings is 1. The molecular weight excluding hydrogens is 370 g/mol. The highest BCUT2D eigenvalue weighted by Gasteiger charge is 2.29. The Morgan fingerprint density at radius 1 is 1.29 bits per heavy atom. The van der Waals surface area contributed by atoms with E-state index in [0.29, 0.717) is 23.2 Å². The van der Waals surface area contributed by atoms with E-state index in [0.717, 1.165) is 40.8 Å². The maximum absolute atomic E-state index is 13.0. The summed E-state index contributed by atoms with van der Waals surface area (Å²) in [6.45, 7) is 2.56. The lowest BCUT2D eigenvalue weighted by Gasteiger charge is -2.08. The Morgan fingerprint density at radius 3 is 2.82 bits per heavy atom. The van der Waals surface area contributed by atoms with E-state index >= 15 is 0 Å². The lowest BCUT2D eigenvalue weighted by atomic mass is 10.1. The van der Waals surface area contributed by atoms with Gasteiger partial charge in [0.05, 0.1) is 23.2 Å². The normalized spacial score (nSPS) is 13.8. The van der Waals surface area contributed by atoms with Crippen LogP contribution in [-0.4, -0.2) is 25.7 Å². The molecule has 6 nitrogen and oxygen atoms in total. The lowest BCUT2D eigenvalue weighted by Crippen LogP contribution is -2.13. The Labute approximate surface area is 166 Å². The minimum absolute atomic E-state index is 0.161. The topological polar surface area (TPSA) is 72.7 Å². The predicted molar refractivity (Wildman–Crippen MR) is 110 cm³/mol. The molecule has 28 heavy (non-hydrogen) atoms. The maximum atomic E-state index is 13.0. The van der Waals surface area contributed by atoms with Crippen molar-refractivity contribution in [2.75, 3.05) is 5.32 Å². The highest BCUT2D eigenvalue weighted by Crippen LogP contribution is 2.40. The first kappa shape index (κ1) is 17.1. The van der Waals surface area contributed by atoms with Crippen LogP contribution < -0.4 is 5.32 Å². The van der Waals surface area contributed by atoms with E-state index < -0.39 is 0 Å². The largest absolute Gasteiger partial charge is 0.298 e. The van der Waals surface area contributed by atoms with Crippen molar-refractivity contribution in [3.63, 3.8) is 0 Å². The van der Waals surface area contributed by atoms with Gasteiger partial charge in [0.2, 0.25) is 0 Å². The summed E-state index contributed by atoms with van der Waals surface area (Å²) < 4.78 is 1.91. The third-order valence-corrected chi connectivity index (χ3v) is 5.65. The summed E-state index contributed by atoms with van der Waals surface area (Å²) in [6, 6.07) is 12.1. The number of carbonyl (C=O) groups is 1. The third kappa shape index (κ3) is 3.18. The molecule has 0 saturated heterocycles. The molecule has 1 fully saturated rings. The SMILES string of the molecule is Cc1nn(Cc2ccccc2)c2nc(C3CC3)cc(C(=O)Nc3nccs3)c12. The van der Waals surface area contributed by atoms with Crippen molar-refractivity contribution < 1.29 is 4.79 Å². The van der Waals surface area contributed by atoms with Gasteiger partial charge >= 0.3 is 0 Å². The van der Waals surface area contributed by atoms with Gasteiger partial charge in [0, 0.05) is 23.2 Å². The van der Waals surface area contributed by atoms with Crippen LogP contribution >= 0.6 is 11.3 Å². The first-order chi connectivity index (χ1) is 13.7. The van der Waals surface area contributed by atoms with Crippen LogP contribution in [0.15, 0.2) is 48.0 Å². The zero-order valence-corrected chi connectivity index (χ0v) is 16.2. The summed E-state index contributed by atoms with van der Waals surface area (Å²) in [4.78, 5) is 22.1.